The van der Waals surface area contributed by atoms with Crippen molar-refractivity contribution in [3.8, 4) is 5.75 Å². The number of hydrogen-bond donors (Lipinski definition) is 1. The average Bonchev–Trinajstić information content (AvgIpc) is 2.42. The lowest BCUT2D eigenvalue weighted by atomic mass is 10.2. The van der Waals surface area contributed by atoms with Crippen LogP contribution in [0.5, 0.6) is 5.75 Å². The van der Waals surface area contributed by atoms with Crippen molar-refractivity contribution in [1.82, 2.24) is 0 Å². The summed E-state index contributed by atoms with van der Waals surface area (Å²) in [7, 11) is 0. The van der Waals surface area contributed by atoms with Crippen molar-refractivity contribution < 1.29 is 9.53 Å². The second-order valence-corrected chi connectivity index (χ2v) is 4.43. The van der Waals surface area contributed by atoms with E-state index < -0.39 is 6.10 Å². The summed E-state index contributed by atoms with van der Waals surface area (Å²) in [5.41, 5.74) is 1.93. The van der Waals surface area contributed by atoms with E-state index in [1.54, 1.807) is 6.92 Å². The molecule has 0 saturated heterocycles. The van der Waals surface area contributed by atoms with Gasteiger partial charge in [0.05, 0.1) is 0 Å². The Bertz CT molecular complexity index is 534. The van der Waals surface area contributed by atoms with Gasteiger partial charge in [0, 0.05) is 5.69 Å². The number of para-hydroxylation sites is 1. The molecule has 0 unspecified atom stereocenters. The van der Waals surface area contributed by atoms with Gasteiger partial charge in [0.2, 0.25) is 0 Å². The van der Waals surface area contributed by atoms with Crippen molar-refractivity contribution in [2.75, 3.05) is 5.32 Å². The van der Waals surface area contributed by atoms with Gasteiger partial charge in [-0.2, -0.15) is 0 Å². The largest absolute Gasteiger partial charge is 0.481 e. The van der Waals surface area contributed by atoms with Crippen molar-refractivity contribution in [2.24, 2.45) is 0 Å². The Balaban J connectivity index is 1.94. The summed E-state index contributed by atoms with van der Waals surface area (Å²) < 4.78 is 5.59. The Kier molecular flexibility index (Phi) is 4.18. The standard InChI is InChI=1S/C16H17NO2/c1-12-8-10-15(11-9-12)19-13(2)16(18)17-14-6-4-3-5-7-14/h3-11,13H,1-2H3,(H,17,18)/t13-/m0/s1. The molecule has 0 fully saturated rings. The predicted octanol–water partition coefficient (Wildman–Crippen LogP) is 3.40. The number of benzene rings is 2. The molecule has 19 heavy (non-hydrogen) atoms. The smallest absolute Gasteiger partial charge is 0.265 e. The van der Waals surface area contributed by atoms with E-state index in [-0.39, 0.29) is 5.91 Å². The molecule has 0 radical (unpaired) electrons. The zero-order valence-electron chi connectivity index (χ0n) is 11.1. The Labute approximate surface area is 113 Å². The van der Waals surface area contributed by atoms with Crippen molar-refractivity contribution in [1.29, 1.82) is 0 Å². The molecular weight excluding hydrogens is 238 g/mol. The van der Waals surface area contributed by atoms with E-state index in [9.17, 15) is 4.79 Å². The van der Waals surface area contributed by atoms with Crippen molar-refractivity contribution >= 4 is 11.6 Å². The highest BCUT2D eigenvalue weighted by atomic mass is 16.5. The summed E-state index contributed by atoms with van der Waals surface area (Å²) in [5, 5.41) is 2.81. The van der Waals surface area contributed by atoms with Crippen molar-refractivity contribution in [2.45, 2.75) is 20.0 Å². The molecule has 0 aromatic heterocycles. The van der Waals surface area contributed by atoms with Crippen LogP contribution in [0.1, 0.15) is 12.5 Å². The number of carbonyl (C=O) groups excluding carboxylic acids is 1. The summed E-state index contributed by atoms with van der Waals surface area (Å²) in [6.45, 7) is 3.74. The average molecular weight is 255 g/mol. The van der Waals surface area contributed by atoms with E-state index in [1.165, 1.54) is 0 Å². The third-order valence-corrected chi connectivity index (χ3v) is 2.74. The Hall–Kier alpha value is -2.29. The molecule has 0 aliphatic carbocycles. The summed E-state index contributed by atoms with van der Waals surface area (Å²) in [5.74, 6) is 0.535. The normalized spacial score (nSPS) is 11.7. The van der Waals surface area contributed by atoms with Crippen LogP contribution in [-0.2, 0) is 4.79 Å². The summed E-state index contributed by atoms with van der Waals surface area (Å²) in [4.78, 5) is 11.9. The Morgan fingerprint density at radius 2 is 1.68 bits per heavy atom. The molecule has 2 aromatic carbocycles. The zero-order valence-corrected chi connectivity index (χ0v) is 11.1. The highest BCUT2D eigenvalue weighted by Gasteiger charge is 2.14. The lowest BCUT2D eigenvalue weighted by molar-refractivity contribution is -0.122. The van der Waals surface area contributed by atoms with E-state index in [4.69, 9.17) is 4.74 Å². The molecule has 2 aromatic rings. The van der Waals surface area contributed by atoms with Gasteiger partial charge in [-0.05, 0) is 38.1 Å². The van der Waals surface area contributed by atoms with Gasteiger partial charge in [0.25, 0.3) is 5.91 Å². The number of aryl methyl sites for hydroxylation is 1. The first-order valence-corrected chi connectivity index (χ1v) is 6.24. The third kappa shape index (κ3) is 3.85. The highest BCUT2D eigenvalue weighted by Crippen LogP contribution is 2.14. The van der Waals surface area contributed by atoms with Crippen LogP contribution >= 0.6 is 0 Å². The molecule has 3 nitrogen and oxygen atoms in total. The molecule has 0 bridgehead atoms. The lowest BCUT2D eigenvalue weighted by Crippen LogP contribution is -2.30. The molecule has 3 heteroatoms. The van der Waals surface area contributed by atoms with E-state index >= 15 is 0 Å². The molecule has 2 rings (SSSR count). The molecule has 1 amide bonds. The maximum Gasteiger partial charge on any atom is 0.265 e. The van der Waals surface area contributed by atoms with Crippen LogP contribution in [0.2, 0.25) is 0 Å². The second-order valence-electron chi connectivity index (χ2n) is 4.43. The van der Waals surface area contributed by atoms with Crippen LogP contribution in [0, 0.1) is 6.92 Å². The van der Waals surface area contributed by atoms with E-state index in [0.29, 0.717) is 5.75 Å². The van der Waals surface area contributed by atoms with Gasteiger partial charge in [-0.15, -0.1) is 0 Å². The van der Waals surface area contributed by atoms with Crippen LogP contribution < -0.4 is 10.1 Å². The molecular formula is C16H17NO2. The van der Waals surface area contributed by atoms with Crippen LogP contribution in [-0.4, -0.2) is 12.0 Å². The van der Waals surface area contributed by atoms with E-state index in [1.807, 2.05) is 61.5 Å². The van der Waals surface area contributed by atoms with E-state index in [2.05, 4.69) is 5.32 Å². The molecule has 0 aliphatic rings. The first kappa shape index (κ1) is 13.1. The summed E-state index contributed by atoms with van der Waals surface area (Å²) in [6, 6.07) is 17.0. The highest BCUT2D eigenvalue weighted by molar-refractivity contribution is 5.94. The molecule has 0 saturated carbocycles. The Morgan fingerprint density at radius 3 is 2.32 bits per heavy atom. The van der Waals surface area contributed by atoms with Crippen LogP contribution in [0.25, 0.3) is 0 Å². The van der Waals surface area contributed by atoms with E-state index in [0.717, 1.165) is 11.3 Å². The first-order chi connectivity index (χ1) is 9.15. The molecule has 98 valence electrons. The Morgan fingerprint density at radius 1 is 1.05 bits per heavy atom. The molecule has 0 spiro atoms. The lowest BCUT2D eigenvalue weighted by Gasteiger charge is -2.14. The molecule has 1 N–H and O–H groups in total. The topological polar surface area (TPSA) is 38.3 Å². The van der Waals surface area contributed by atoms with Gasteiger partial charge in [-0.1, -0.05) is 35.9 Å². The van der Waals surface area contributed by atoms with Crippen molar-refractivity contribution in [3.63, 3.8) is 0 Å². The monoisotopic (exact) mass is 255 g/mol. The molecule has 0 heterocycles. The number of hydrogen-bond acceptors (Lipinski definition) is 2. The summed E-state index contributed by atoms with van der Waals surface area (Å²) in [6.07, 6.45) is -0.539. The second kappa shape index (κ2) is 6.05. The number of ether oxygens (including phenoxy) is 1. The van der Waals surface area contributed by atoms with Gasteiger partial charge in [0.1, 0.15) is 5.75 Å². The van der Waals surface area contributed by atoms with Crippen LogP contribution in [0.15, 0.2) is 54.6 Å². The molecule has 0 aliphatic heterocycles. The van der Waals surface area contributed by atoms with Crippen LogP contribution in [0.3, 0.4) is 0 Å². The van der Waals surface area contributed by atoms with Gasteiger partial charge in [0.15, 0.2) is 6.10 Å². The fourth-order valence-electron chi connectivity index (χ4n) is 1.64. The molecule has 1 atom stereocenters. The van der Waals surface area contributed by atoms with Gasteiger partial charge in [-0.3, -0.25) is 4.79 Å². The van der Waals surface area contributed by atoms with Crippen molar-refractivity contribution in [3.05, 3.63) is 60.2 Å². The minimum absolute atomic E-state index is 0.160. The fourth-order valence-corrected chi connectivity index (χ4v) is 1.64. The zero-order chi connectivity index (χ0) is 13.7. The van der Waals surface area contributed by atoms with Crippen LogP contribution in [0.4, 0.5) is 5.69 Å². The predicted molar refractivity (Wildman–Crippen MR) is 76.3 cm³/mol. The number of amides is 1. The van der Waals surface area contributed by atoms with Gasteiger partial charge >= 0.3 is 0 Å². The minimum Gasteiger partial charge on any atom is -0.481 e. The quantitative estimate of drug-likeness (QED) is 0.909. The maximum absolute atomic E-state index is 11.9. The summed E-state index contributed by atoms with van der Waals surface area (Å²) >= 11 is 0. The third-order valence-electron chi connectivity index (χ3n) is 2.74. The maximum atomic E-state index is 11.9. The number of rotatable bonds is 4. The number of anilines is 1. The number of carbonyl (C=O) groups is 1. The van der Waals surface area contributed by atoms with Gasteiger partial charge < -0.3 is 10.1 Å². The SMILES string of the molecule is Cc1ccc(O[C@@H](C)C(=O)Nc2ccccc2)cc1. The fraction of sp³-hybridized carbons (Fsp3) is 0.188. The first-order valence-electron chi connectivity index (χ1n) is 6.24. The van der Waals surface area contributed by atoms with Gasteiger partial charge in [-0.25, -0.2) is 0 Å². The minimum atomic E-state index is -0.539. The number of nitrogens with one attached hydrogen (secondary N) is 1.